The quantitative estimate of drug-likeness (QED) is 0.851. The Morgan fingerprint density at radius 2 is 2.00 bits per heavy atom. The highest BCUT2D eigenvalue weighted by Gasteiger charge is 2.25. The molecule has 0 atom stereocenters. The van der Waals surface area contributed by atoms with Gasteiger partial charge in [-0.3, -0.25) is 9.78 Å². The molecule has 120 valence electrons. The smallest absolute Gasteiger partial charge is 0.254 e. The van der Waals surface area contributed by atoms with Crippen LogP contribution in [0.4, 0.5) is 13.2 Å². The Bertz CT molecular complexity index is 776. The molecule has 0 unspecified atom stereocenters. The number of nitrogens with one attached hydrogen (secondary N) is 1. The van der Waals surface area contributed by atoms with Crippen LogP contribution in [0.1, 0.15) is 40.4 Å². The third-order valence-electron chi connectivity index (χ3n) is 3.67. The number of pyridine rings is 1. The molecular weight excluding hydrogens is 309 g/mol. The van der Waals surface area contributed by atoms with Gasteiger partial charge in [0.15, 0.2) is 17.4 Å². The van der Waals surface area contributed by atoms with Crippen molar-refractivity contribution in [3.05, 3.63) is 58.7 Å². The van der Waals surface area contributed by atoms with Gasteiger partial charge < -0.3 is 10.4 Å². The molecule has 0 aliphatic heterocycles. The number of aromatic hydroxyl groups is 1. The third-order valence-corrected chi connectivity index (χ3v) is 3.67. The maximum Gasteiger partial charge on any atom is 0.254 e. The summed E-state index contributed by atoms with van der Waals surface area (Å²) in [5.41, 5.74) is 0.953. The summed E-state index contributed by atoms with van der Waals surface area (Å²) >= 11 is 0. The van der Waals surface area contributed by atoms with Gasteiger partial charge in [0, 0.05) is 24.4 Å². The lowest BCUT2D eigenvalue weighted by atomic mass is 10.1. The lowest BCUT2D eigenvalue weighted by Crippen LogP contribution is -2.24. The minimum absolute atomic E-state index is 0.0836. The fourth-order valence-corrected chi connectivity index (χ4v) is 2.24. The second-order valence-electron chi connectivity index (χ2n) is 5.43. The minimum Gasteiger partial charge on any atom is -0.503 e. The van der Waals surface area contributed by atoms with Crippen LogP contribution in [-0.2, 0) is 6.54 Å². The Balaban J connectivity index is 1.74. The number of carbonyl (C=O) groups is 1. The maximum atomic E-state index is 13.7. The Morgan fingerprint density at radius 1 is 1.26 bits per heavy atom. The van der Waals surface area contributed by atoms with E-state index >= 15 is 0 Å². The van der Waals surface area contributed by atoms with Crippen LogP contribution in [0.2, 0.25) is 0 Å². The molecule has 0 saturated heterocycles. The first-order valence-corrected chi connectivity index (χ1v) is 7.07. The first-order valence-electron chi connectivity index (χ1n) is 7.07. The van der Waals surface area contributed by atoms with Gasteiger partial charge in [0.25, 0.3) is 5.91 Å². The number of hydrogen-bond donors (Lipinski definition) is 2. The number of carbonyl (C=O) groups excluding carboxylic acids is 1. The molecule has 4 nitrogen and oxygen atoms in total. The van der Waals surface area contributed by atoms with Crippen molar-refractivity contribution in [3.63, 3.8) is 0 Å². The summed E-state index contributed by atoms with van der Waals surface area (Å²) in [5, 5.41) is 11.5. The highest BCUT2D eigenvalue weighted by molar-refractivity contribution is 5.94. The van der Waals surface area contributed by atoms with Crippen LogP contribution in [0, 0.1) is 17.5 Å². The van der Waals surface area contributed by atoms with Gasteiger partial charge >= 0.3 is 0 Å². The molecule has 0 radical (unpaired) electrons. The second-order valence-corrected chi connectivity index (χ2v) is 5.43. The van der Waals surface area contributed by atoms with E-state index in [0.717, 1.165) is 24.1 Å². The van der Waals surface area contributed by atoms with E-state index in [-0.39, 0.29) is 6.54 Å². The molecule has 1 amide bonds. The lowest BCUT2D eigenvalue weighted by molar-refractivity contribution is 0.0945. The SMILES string of the molecule is O=C(NCc1ccnc(C2CC2)c1)c1cc(F)c(F)c(O)c1F. The average molecular weight is 322 g/mol. The van der Waals surface area contributed by atoms with Crippen LogP contribution in [0.15, 0.2) is 24.4 Å². The van der Waals surface area contributed by atoms with Crippen molar-refractivity contribution in [2.75, 3.05) is 0 Å². The van der Waals surface area contributed by atoms with Crippen molar-refractivity contribution in [2.24, 2.45) is 0 Å². The van der Waals surface area contributed by atoms with Crippen molar-refractivity contribution in [2.45, 2.75) is 25.3 Å². The van der Waals surface area contributed by atoms with E-state index in [1.165, 1.54) is 0 Å². The topological polar surface area (TPSA) is 62.2 Å². The average Bonchev–Trinajstić information content (AvgIpc) is 3.39. The highest BCUT2D eigenvalue weighted by Crippen LogP contribution is 2.38. The van der Waals surface area contributed by atoms with Crippen LogP contribution in [0.5, 0.6) is 5.75 Å². The largest absolute Gasteiger partial charge is 0.503 e. The van der Waals surface area contributed by atoms with Crippen LogP contribution < -0.4 is 5.32 Å². The lowest BCUT2D eigenvalue weighted by Gasteiger charge is -2.09. The fraction of sp³-hybridized carbons (Fsp3) is 0.250. The van der Waals surface area contributed by atoms with Crippen LogP contribution >= 0.6 is 0 Å². The van der Waals surface area contributed by atoms with E-state index in [9.17, 15) is 18.0 Å². The summed E-state index contributed by atoms with van der Waals surface area (Å²) in [6, 6.07) is 3.96. The zero-order chi connectivity index (χ0) is 16.6. The standard InChI is InChI=1S/C16H13F3N2O2/c17-11-6-10(13(18)15(22)14(11)19)16(23)21-7-8-3-4-20-12(5-8)9-1-2-9/h3-6,9,22H,1-2,7H2,(H,21,23). The molecule has 2 aromatic rings. The van der Waals surface area contributed by atoms with Gasteiger partial charge in [0.05, 0.1) is 5.56 Å². The van der Waals surface area contributed by atoms with Crippen LogP contribution in [0.25, 0.3) is 0 Å². The Morgan fingerprint density at radius 3 is 2.70 bits per heavy atom. The maximum absolute atomic E-state index is 13.7. The number of benzene rings is 1. The number of rotatable bonds is 4. The first kappa shape index (κ1) is 15.3. The van der Waals surface area contributed by atoms with E-state index in [2.05, 4.69) is 10.3 Å². The van der Waals surface area contributed by atoms with Gasteiger partial charge in [-0.15, -0.1) is 0 Å². The molecule has 3 rings (SSSR count). The van der Waals surface area contributed by atoms with Gasteiger partial charge in [-0.2, -0.15) is 4.39 Å². The molecular formula is C16H13F3N2O2. The zero-order valence-electron chi connectivity index (χ0n) is 11.9. The van der Waals surface area contributed by atoms with Crippen molar-refractivity contribution < 1.29 is 23.1 Å². The molecule has 0 spiro atoms. The number of hydrogen-bond acceptors (Lipinski definition) is 3. The Labute approximate surface area is 130 Å². The van der Waals surface area contributed by atoms with E-state index in [1.807, 2.05) is 6.07 Å². The van der Waals surface area contributed by atoms with Gasteiger partial charge in [0.2, 0.25) is 5.82 Å². The predicted octanol–water partition coefficient (Wildman–Crippen LogP) is 3.01. The molecule has 1 heterocycles. The molecule has 2 N–H and O–H groups in total. The first-order chi connectivity index (χ1) is 11.0. The van der Waals surface area contributed by atoms with E-state index in [1.54, 1.807) is 12.3 Å². The molecule has 0 bridgehead atoms. The number of aromatic nitrogens is 1. The molecule has 1 saturated carbocycles. The molecule has 1 aromatic carbocycles. The van der Waals surface area contributed by atoms with Gasteiger partial charge in [-0.1, -0.05) is 0 Å². The summed E-state index contributed by atoms with van der Waals surface area (Å²) in [6.45, 7) is 0.0836. The van der Waals surface area contributed by atoms with E-state index in [0.29, 0.717) is 12.0 Å². The van der Waals surface area contributed by atoms with Gasteiger partial charge in [-0.25, -0.2) is 8.78 Å². The molecule has 1 aliphatic carbocycles. The predicted molar refractivity (Wildman–Crippen MR) is 75.4 cm³/mol. The fourth-order valence-electron chi connectivity index (χ4n) is 2.24. The molecule has 1 fully saturated rings. The van der Waals surface area contributed by atoms with Crippen molar-refractivity contribution >= 4 is 5.91 Å². The number of phenols is 1. The monoisotopic (exact) mass is 322 g/mol. The number of nitrogens with zero attached hydrogens (tertiary/aromatic N) is 1. The summed E-state index contributed by atoms with van der Waals surface area (Å²) in [5.74, 6) is -6.70. The van der Waals surface area contributed by atoms with E-state index < -0.39 is 34.7 Å². The number of amides is 1. The summed E-state index contributed by atoms with van der Waals surface area (Å²) < 4.78 is 39.9. The molecule has 23 heavy (non-hydrogen) atoms. The van der Waals surface area contributed by atoms with Gasteiger partial charge in [0.1, 0.15) is 0 Å². The molecule has 1 aromatic heterocycles. The van der Waals surface area contributed by atoms with Crippen molar-refractivity contribution in [1.29, 1.82) is 0 Å². The summed E-state index contributed by atoms with van der Waals surface area (Å²) in [6.07, 6.45) is 3.80. The third kappa shape index (κ3) is 3.13. The van der Waals surface area contributed by atoms with Crippen molar-refractivity contribution in [3.8, 4) is 5.75 Å². The number of halogens is 3. The second kappa shape index (κ2) is 5.91. The van der Waals surface area contributed by atoms with Gasteiger partial charge in [-0.05, 0) is 36.6 Å². The normalized spacial score (nSPS) is 13.9. The zero-order valence-corrected chi connectivity index (χ0v) is 11.9. The van der Waals surface area contributed by atoms with Crippen LogP contribution in [-0.4, -0.2) is 16.0 Å². The number of phenolic OH excluding ortho intramolecular Hbond substituents is 1. The van der Waals surface area contributed by atoms with Crippen LogP contribution in [0.3, 0.4) is 0 Å². The van der Waals surface area contributed by atoms with E-state index in [4.69, 9.17) is 5.11 Å². The summed E-state index contributed by atoms with van der Waals surface area (Å²) in [4.78, 5) is 16.2. The molecule has 7 heteroatoms. The Hall–Kier alpha value is -2.57. The minimum atomic E-state index is -1.72. The van der Waals surface area contributed by atoms with Crippen molar-refractivity contribution in [1.82, 2.24) is 10.3 Å². The summed E-state index contributed by atoms with van der Waals surface area (Å²) in [7, 11) is 0. The Kier molecular flexibility index (Phi) is 3.94. The molecule has 1 aliphatic rings. The highest BCUT2D eigenvalue weighted by atomic mass is 19.2.